The monoisotopic (exact) mass is 576 g/mol. The lowest BCUT2D eigenvalue weighted by Gasteiger charge is -2.26. The molecule has 0 atom stereocenters. The number of rotatable bonds is 9. The first kappa shape index (κ1) is 28.1. The lowest BCUT2D eigenvalue weighted by atomic mass is 10.0. The van der Waals surface area contributed by atoms with Gasteiger partial charge in [-0.25, -0.2) is 4.98 Å². The highest BCUT2D eigenvalue weighted by Crippen LogP contribution is 2.31. The van der Waals surface area contributed by atoms with Gasteiger partial charge in [-0.05, 0) is 61.5 Å². The molecule has 3 aromatic carbocycles. The van der Waals surface area contributed by atoms with Gasteiger partial charge in [-0.1, -0.05) is 30.3 Å². The molecule has 0 bridgehead atoms. The summed E-state index contributed by atoms with van der Waals surface area (Å²) in [7, 11) is 0. The molecule has 0 unspecified atom stereocenters. The van der Waals surface area contributed by atoms with E-state index < -0.39 is 0 Å². The fourth-order valence-electron chi connectivity index (χ4n) is 5.31. The number of benzene rings is 3. The van der Waals surface area contributed by atoms with Crippen LogP contribution in [-0.2, 0) is 4.74 Å². The van der Waals surface area contributed by atoms with E-state index in [0.717, 1.165) is 50.6 Å². The summed E-state index contributed by atoms with van der Waals surface area (Å²) in [5.74, 6) is -0.474. The van der Waals surface area contributed by atoms with E-state index in [4.69, 9.17) is 4.74 Å². The van der Waals surface area contributed by atoms with Crippen LogP contribution in [0, 0.1) is 0 Å². The van der Waals surface area contributed by atoms with Crippen molar-refractivity contribution in [2.75, 3.05) is 50.0 Å². The average molecular weight is 577 g/mol. The van der Waals surface area contributed by atoms with Crippen molar-refractivity contribution in [2.24, 2.45) is 0 Å². The highest BCUT2D eigenvalue weighted by Gasteiger charge is 2.18. The van der Waals surface area contributed by atoms with Crippen LogP contribution in [0.1, 0.15) is 27.1 Å². The van der Waals surface area contributed by atoms with Crippen LogP contribution in [0.2, 0.25) is 0 Å². The summed E-state index contributed by atoms with van der Waals surface area (Å²) in [5, 5.41) is 10.9. The molecule has 2 aromatic heterocycles. The number of nitrogens with one attached hydrogen (secondary N) is 4. The number of aromatic amines is 1. The molecule has 0 spiro atoms. The summed E-state index contributed by atoms with van der Waals surface area (Å²) in [4.78, 5) is 48.5. The summed E-state index contributed by atoms with van der Waals surface area (Å²) in [6.07, 6.45) is 2.43. The van der Waals surface area contributed by atoms with Crippen LogP contribution in [0.5, 0.6) is 0 Å². The SMILES string of the molecule is O=C(Nc1ccc(Nc2ccnc3[nH]c(=O)c4c(C(=O)NCCCN5CCOCC5)cccc4c23)cc1)c1ccccc1. The predicted molar refractivity (Wildman–Crippen MR) is 168 cm³/mol. The van der Waals surface area contributed by atoms with Gasteiger partial charge in [-0.15, -0.1) is 0 Å². The van der Waals surface area contributed by atoms with Crippen LogP contribution in [0.25, 0.3) is 21.8 Å². The topological polar surface area (TPSA) is 128 Å². The molecule has 2 amide bonds. The number of fused-ring (bicyclic) bond motifs is 3. The highest BCUT2D eigenvalue weighted by molar-refractivity contribution is 6.16. The molecule has 6 rings (SSSR count). The first-order valence-corrected chi connectivity index (χ1v) is 14.3. The number of morpholine rings is 1. The zero-order chi connectivity index (χ0) is 29.6. The number of hydrogen-bond acceptors (Lipinski definition) is 7. The number of pyridine rings is 2. The van der Waals surface area contributed by atoms with Crippen molar-refractivity contribution in [2.45, 2.75) is 6.42 Å². The Labute approximate surface area is 248 Å². The lowest BCUT2D eigenvalue weighted by molar-refractivity contribution is 0.0374. The van der Waals surface area contributed by atoms with Crippen LogP contribution >= 0.6 is 0 Å². The van der Waals surface area contributed by atoms with Crippen molar-refractivity contribution >= 4 is 50.7 Å². The molecule has 1 aliphatic rings. The second-order valence-corrected chi connectivity index (χ2v) is 10.4. The van der Waals surface area contributed by atoms with Crippen molar-refractivity contribution in [3.05, 3.63) is 107 Å². The van der Waals surface area contributed by atoms with Crippen LogP contribution in [0.3, 0.4) is 0 Å². The van der Waals surface area contributed by atoms with E-state index in [-0.39, 0.29) is 17.4 Å². The van der Waals surface area contributed by atoms with Crippen molar-refractivity contribution < 1.29 is 14.3 Å². The lowest BCUT2D eigenvalue weighted by Crippen LogP contribution is -2.38. The molecule has 218 valence electrons. The standard InChI is InChI=1S/C33H32N6O4/c40-31(22-6-2-1-3-7-22)37-24-12-10-23(11-13-24)36-27-14-16-34-30-29(27)25-8-4-9-26(28(25)33(42)38-30)32(41)35-15-5-17-39-18-20-43-21-19-39/h1-4,6-14,16H,5,15,17-21H2,(H,35,41)(H,37,40)(H2,34,36,38,42). The maximum Gasteiger partial charge on any atom is 0.258 e. The highest BCUT2D eigenvalue weighted by atomic mass is 16.5. The average Bonchev–Trinajstić information content (AvgIpc) is 3.04. The van der Waals surface area contributed by atoms with Crippen LogP contribution in [-0.4, -0.2) is 66.1 Å². The maximum atomic E-state index is 13.2. The summed E-state index contributed by atoms with van der Waals surface area (Å²) in [6, 6.07) is 23.5. The molecule has 3 heterocycles. The van der Waals surface area contributed by atoms with E-state index in [0.29, 0.717) is 45.2 Å². The van der Waals surface area contributed by atoms with Gasteiger partial charge in [0.25, 0.3) is 17.4 Å². The molecule has 5 aromatic rings. The zero-order valence-corrected chi connectivity index (χ0v) is 23.6. The predicted octanol–water partition coefficient (Wildman–Crippen LogP) is 4.52. The first-order valence-electron chi connectivity index (χ1n) is 14.3. The Morgan fingerprint density at radius 3 is 2.42 bits per heavy atom. The molecule has 0 saturated carbocycles. The molecule has 0 aliphatic carbocycles. The van der Waals surface area contributed by atoms with Gasteiger partial charge >= 0.3 is 0 Å². The van der Waals surface area contributed by atoms with Gasteiger partial charge in [0.05, 0.1) is 29.9 Å². The Kier molecular flexibility index (Phi) is 8.39. The second-order valence-electron chi connectivity index (χ2n) is 10.4. The summed E-state index contributed by atoms with van der Waals surface area (Å²) >= 11 is 0. The number of aromatic nitrogens is 2. The maximum absolute atomic E-state index is 13.2. The minimum Gasteiger partial charge on any atom is -0.379 e. The third-order valence-corrected chi connectivity index (χ3v) is 7.49. The molecular formula is C33H32N6O4. The fraction of sp³-hybridized carbons (Fsp3) is 0.212. The van der Waals surface area contributed by atoms with Gasteiger partial charge in [0.2, 0.25) is 0 Å². The van der Waals surface area contributed by atoms with E-state index in [1.54, 1.807) is 30.5 Å². The molecular weight excluding hydrogens is 544 g/mol. The van der Waals surface area contributed by atoms with E-state index in [1.165, 1.54) is 0 Å². The van der Waals surface area contributed by atoms with E-state index in [1.807, 2.05) is 54.6 Å². The van der Waals surface area contributed by atoms with Gasteiger partial charge in [0.15, 0.2) is 0 Å². The fourth-order valence-corrected chi connectivity index (χ4v) is 5.31. The second kappa shape index (κ2) is 12.8. The number of carbonyl (C=O) groups is 2. The number of nitrogens with zero attached hydrogens (tertiary/aromatic N) is 2. The molecule has 4 N–H and O–H groups in total. The number of carbonyl (C=O) groups excluding carboxylic acids is 2. The number of ether oxygens (including phenoxy) is 1. The summed E-state index contributed by atoms with van der Waals surface area (Å²) < 4.78 is 5.39. The third kappa shape index (κ3) is 6.40. The minimum absolute atomic E-state index is 0.186. The molecule has 10 heteroatoms. The van der Waals surface area contributed by atoms with Gasteiger partial charge in [0.1, 0.15) is 5.65 Å². The van der Waals surface area contributed by atoms with E-state index in [9.17, 15) is 14.4 Å². The Morgan fingerprint density at radius 2 is 1.63 bits per heavy atom. The molecule has 43 heavy (non-hydrogen) atoms. The molecule has 1 saturated heterocycles. The smallest absolute Gasteiger partial charge is 0.258 e. The largest absolute Gasteiger partial charge is 0.379 e. The number of amides is 2. The number of hydrogen-bond donors (Lipinski definition) is 4. The van der Waals surface area contributed by atoms with Crippen molar-refractivity contribution in [3.8, 4) is 0 Å². The van der Waals surface area contributed by atoms with E-state index in [2.05, 4.69) is 30.8 Å². The normalized spacial score (nSPS) is 13.6. The van der Waals surface area contributed by atoms with Crippen molar-refractivity contribution in [1.29, 1.82) is 0 Å². The van der Waals surface area contributed by atoms with Crippen LogP contribution in [0.4, 0.5) is 17.1 Å². The van der Waals surface area contributed by atoms with E-state index >= 15 is 0 Å². The Hall–Kier alpha value is -5.06. The molecule has 10 nitrogen and oxygen atoms in total. The Balaban J connectivity index is 1.22. The summed E-state index contributed by atoms with van der Waals surface area (Å²) in [5.41, 5.74) is 3.10. The third-order valence-electron chi connectivity index (χ3n) is 7.49. The number of anilines is 3. The molecule has 1 aliphatic heterocycles. The van der Waals surface area contributed by atoms with Crippen LogP contribution < -0.4 is 21.5 Å². The summed E-state index contributed by atoms with van der Waals surface area (Å²) in [6.45, 7) is 4.67. The van der Waals surface area contributed by atoms with Gasteiger partial charge in [-0.3, -0.25) is 19.3 Å². The van der Waals surface area contributed by atoms with Gasteiger partial charge in [-0.2, -0.15) is 0 Å². The minimum atomic E-state index is -0.371. The van der Waals surface area contributed by atoms with Crippen LogP contribution in [0.15, 0.2) is 89.9 Å². The van der Waals surface area contributed by atoms with Crippen molar-refractivity contribution in [1.82, 2.24) is 20.2 Å². The quantitative estimate of drug-likeness (QED) is 0.150. The number of H-pyrrole nitrogens is 1. The molecule has 1 fully saturated rings. The Morgan fingerprint density at radius 1 is 0.860 bits per heavy atom. The van der Waals surface area contributed by atoms with Gasteiger partial charge < -0.3 is 25.7 Å². The zero-order valence-electron chi connectivity index (χ0n) is 23.6. The first-order chi connectivity index (χ1) is 21.1. The Bertz CT molecular complexity index is 1820. The van der Waals surface area contributed by atoms with Gasteiger partial charge in [0, 0.05) is 53.5 Å². The molecule has 0 radical (unpaired) electrons. The van der Waals surface area contributed by atoms with Crippen molar-refractivity contribution in [3.63, 3.8) is 0 Å².